The number of benzene rings is 2. The average Bonchev–Trinajstić information content (AvgIpc) is 3.04. The van der Waals surface area contributed by atoms with E-state index in [-0.39, 0.29) is 0 Å². The number of nitrogens with one attached hydrogen (secondary N) is 1. The minimum atomic E-state index is 0.733. The molecule has 3 rings (SSSR count). The predicted octanol–water partition coefficient (Wildman–Crippen LogP) is 5.62. The topological polar surface area (TPSA) is 45.0 Å². The molecular formula is C22H28ClN3. The number of H-pyrrole nitrogens is 1. The summed E-state index contributed by atoms with van der Waals surface area (Å²) in [6, 6.07) is 15.0. The van der Waals surface area contributed by atoms with Crippen LogP contribution < -0.4 is 10.6 Å². The van der Waals surface area contributed by atoms with Crippen LogP contribution in [-0.4, -0.2) is 24.6 Å². The van der Waals surface area contributed by atoms with E-state index in [0.29, 0.717) is 0 Å². The monoisotopic (exact) mass is 369 g/mol. The van der Waals surface area contributed by atoms with Gasteiger partial charge in [0.15, 0.2) is 0 Å². The van der Waals surface area contributed by atoms with Gasteiger partial charge in [-0.2, -0.15) is 0 Å². The number of halogens is 1. The van der Waals surface area contributed by atoms with Crippen LogP contribution in [0, 0.1) is 0 Å². The summed E-state index contributed by atoms with van der Waals surface area (Å²) in [6.45, 7) is 7.14. The second kappa shape index (κ2) is 8.61. The van der Waals surface area contributed by atoms with Crippen LogP contribution in [0.25, 0.3) is 22.2 Å². The third-order valence-corrected chi connectivity index (χ3v) is 5.37. The van der Waals surface area contributed by atoms with Crippen molar-refractivity contribution in [2.45, 2.75) is 33.1 Å². The Labute approximate surface area is 161 Å². The van der Waals surface area contributed by atoms with Crippen molar-refractivity contribution in [3.63, 3.8) is 0 Å². The van der Waals surface area contributed by atoms with Gasteiger partial charge in [-0.15, -0.1) is 0 Å². The summed E-state index contributed by atoms with van der Waals surface area (Å²) in [4.78, 5) is 5.93. The quantitative estimate of drug-likeness (QED) is 0.506. The van der Waals surface area contributed by atoms with Crippen LogP contribution in [0.5, 0.6) is 0 Å². The van der Waals surface area contributed by atoms with Gasteiger partial charge in [0, 0.05) is 29.9 Å². The molecule has 0 saturated heterocycles. The Hall–Kier alpha value is -1.97. The third-order valence-electron chi connectivity index (χ3n) is 5.06. The van der Waals surface area contributed by atoms with E-state index in [2.05, 4.69) is 54.1 Å². The van der Waals surface area contributed by atoms with Crippen molar-refractivity contribution in [1.82, 2.24) is 4.98 Å². The third kappa shape index (κ3) is 3.74. The number of unbranched alkanes of at least 4 members (excludes halogenated alkanes) is 1. The number of aryl methyl sites for hydroxylation is 1. The molecule has 0 aliphatic rings. The van der Waals surface area contributed by atoms with Gasteiger partial charge < -0.3 is 15.6 Å². The molecule has 0 spiro atoms. The summed E-state index contributed by atoms with van der Waals surface area (Å²) in [6.07, 6.45) is 3.12. The fourth-order valence-electron chi connectivity index (χ4n) is 3.62. The number of nitrogens with two attached hydrogens (primary N) is 1. The molecule has 0 saturated carbocycles. The summed E-state index contributed by atoms with van der Waals surface area (Å²) in [5, 5.41) is 1.99. The van der Waals surface area contributed by atoms with Gasteiger partial charge in [-0.25, -0.2) is 0 Å². The Morgan fingerprint density at radius 1 is 1.00 bits per heavy atom. The van der Waals surface area contributed by atoms with E-state index < -0.39 is 0 Å². The highest BCUT2D eigenvalue weighted by atomic mass is 35.5. The molecule has 0 aliphatic carbocycles. The first kappa shape index (κ1) is 18.8. The number of para-hydroxylation sites is 1. The van der Waals surface area contributed by atoms with E-state index in [1.54, 1.807) is 0 Å². The standard InChI is InChI=1S/C22H28ClN3/c1-3-26(4-2)17-13-11-16(12-14-17)21-18(8-5-6-15-24)19-9-7-10-20(23)22(19)25-21/h7,9-14,25H,3-6,8,15,24H2,1-2H3. The maximum atomic E-state index is 6.44. The largest absolute Gasteiger partial charge is 0.372 e. The molecule has 0 amide bonds. The molecule has 2 aromatic carbocycles. The lowest BCUT2D eigenvalue weighted by atomic mass is 10.00. The molecule has 1 heterocycles. The van der Waals surface area contributed by atoms with E-state index in [0.717, 1.165) is 49.4 Å². The van der Waals surface area contributed by atoms with Crippen molar-refractivity contribution in [2.24, 2.45) is 5.73 Å². The normalized spacial score (nSPS) is 11.2. The van der Waals surface area contributed by atoms with Crippen LogP contribution in [0.4, 0.5) is 5.69 Å². The molecule has 0 unspecified atom stereocenters. The van der Waals surface area contributed by atoms with Crippen molar-refractivity contribution < 1.29 is 0 Å². The molecule has 3 nitrogen and oxygen atoms in total. The Kier molecular flexibility index (Phi) is 6.23. The van der Waals surface area contributed by atoms with E-state index in [1.807, 2.05) is 12.1 Å². The zero-order chi connectivity index (χ0) is 18.5. The lowest BCUT2D eigenvalue weighted by molar-refractivity contribution is 0.748. The van der Waals surface area contributed by atoms with Crippen molar-refractivity contribution in [3.05, 3.63) is 53.1 Å². The molecule has 3 N–H and O–H groups in total. The van der Waals surface area contributed by atoms with Crippen molar-refractivity contribution in [3.8, 4) is 11.3 Å². The van der Waals surface area contributed by atoms with Gasteiger partial charge in [-0.1, -0.05) is 35.9 Å². The number of hydrogen-bond donors (Lipinski definition) is 2. The van der Waals surface area contributed by atoms with Crippen LogP contribution in [0.15, 0.2) is 42.5 Å². The highest BCUT2D eigenvalue weighted by molar-refractivity contribution is 6.35. The predicted molar refractivity (Wildman–Crippen MR) is 114 cm³/mol. The smallest absolute Gasteiger partial charge is 0.0651 e. The molecule has 0 aliphatic heterocycles. The molecule has 0 radical (unpaired) electrons. The first-order chi connectivity index (χ1) is 12.7. The van der Waals surface area contributed by atoms with E-state index >= 15 is 0 Å². The molecule has 0 bridgehead atoms. The first-order valence-electron chi connectivity index (χ1n) is 9.54. The average molecular weight is 370 g/mol. The molecule has 0 atom stereocenters. The van der Waals surface area contributed by atoms with E-state index in [4.69, 9.17) is 17.3 Å². The van der Waals surface area contributed by atoms with Gasteiger partial charge in [0.1, 0.15) is 0 Å². The summed E-state index contributed by atoms with van der Waals surface area (Å²) in [5.41, 5.74) is 11.7. The van der Waals surface area contributed by atoms with Gasteiger partial charge in [-0.05, 0) is 69.0 Å². The maximum absolute atomic E-state index is 6.44. The number of nitrogens with zero attached hydrogens (tertiary/aromatic N) is 1. The summed E-state index contributed by atoms with van der Waals surface area (Å²) in [5.74, 6) is 0. The number of aromatic nitrogens is 1. The summed E-state index contributed by atoms with van der Waals surface area (Å²) >= 11 is 6.44. The van der Waals surface area contributed by atoms with Crippen LogP contribution in [0.2, 0.25) is 5.02 Å². The number of hydrogen-bond acceptors (Lipinski definition) is 2. The lowest BCUT2D eigenvalue weighted by Crippen LogP contribution is -2.21. The summed E-state index contributed by atoms with van der Waals surface area (Å²) in [7, 11) is 0. The van der Waals surface area contributed by atoms with Gasteiger partial charge in [0.2, 0.25) is 0 Å². The zero-order valence-electron chi connectivity index (χ0n) is 15.7. The van der Waals surface area contributed by atoms with E-state index in [9.17, 15) is 0 Å². The molecule has 3 aromatic rings. The van der Waals surface area contributed by atoms with Crippen molar-refractivity contribution >= 4 is 28.2 Å². The van der Waals surface area contributed by atoms with Crippen LogP contribution in [-0.2, 0) is 6.42 Å². The molecule has 4 heteroatoms. The summed E-state index contributed by atoms with van der Waals surface area (Å²) < 4.78 is 0. The molecule has 138 valence electrons. The minimum Gasteiger partial charge on any atom is -0.372 e. The highest BCUT2D eigenvalue weighted by Crippen LogP contribution is 2.35. The number of rotatable bonds is 8. The molecular weight excluding hydrogens is 342 g/mol. The van der Waals surface area contributed by atoms with Crippen molar-refractivity contribution in [1.29, 1.82) is 0 Å². The Balaban J connectivity index is 2.03. The second-order valence-corrected chi connectivity index (χ2v) is 7.01. The van der Waals surface area contributed by atoms with Crippen LogP contribution in [0.3, 0.4) is 0 Å². The highest BCUT2D eigenvalue weighted by Gasteiger charge is 2.15. The van der Waals surface area contributed by atoms with Gasteiger partial charge in [0.05, 0.1) is 10.5 Å². The van der Waals surface area contributed by atoms with Crippen molar-refractivity contribution in [2.75, 3.05) is 24.5 Å². The Morgan fingerprint density at radius 2 is 1.73 bits per heavy atom. The van der Waals surface area contributed by atoms with Gasteiger partial charge in [0.25, 0.3) is 0 Å². The fraction of sp³-hybridized carbons (Fsp3) is 0.364. The number of anilines is 1. The number of aromatic amines is 1. The van der Waals surface area contributed by atoms with Gasteiger partial charge >= 0.3 is 0 Å². The fourth-order valence-corrected chi connectivity index (χ4v) is 3.84. The SMILES string of the molecule is CCN(CC)c1ccc(-c2[nH]c3c(Cl)cccc3c2CCCCN)cc1. The van der Waals surface area contributed by atoms with Gasteiger partial charge in [-0.3, -0.25) is 0 Å². The Bertz CT molecular complexity index is 848. The Morgan fingerprint density at radius 3 is 2.38 bits per heavy atom. The number of fused-ring (bicyclic) bond motifs is 1. The lowest BCUT2D eigenvalue weighted by Gasteiger charge is -2.21. The van der Waals surface area contributed by atoms with Crippen LogP contribution >= 0.6 is 11.6 Å². The maximum Gasteiger partial charge on any atom is 0.0651 e. The second-order valence-electron chi connectivity index (χ2n) is 6.61. The zero-order valence-corrected chi connectivity index (χ0v) is 16.4. The first-order valence-corrected chi connectivity index (χ1v) is 9.91. The van der Waals surface area contributed by atoms with Crippen LogP contribution in [0.1, 0.15) is 32.3 Å². The molecule has 1 aromatic heterocycles. The molecule has 26 heavy (non-hydrogen) atoms. The van der Waals surface area contributed by atoms with E-state index in [1.165, 1.54) is 27.9 Å². The minimum absolute atomic E-state index is 0.733. The molecule has 0 fully saturated rings.